The van der Waals surface area contributed by atoms with Crippen molar-refractivity contribution in [3.05, 3.63) is 72.2 Å². The number of furan rings is 1. The van der Waals surface area contributed by atoms with Gasteiger partial charge in [0, 0.05) is 12.5 Å². The molecule has 1 aromatic heterocycles. The summed E-state index contributed by atoms with van der Waals surface area (Å²) in [7, 11) is 0. The van der Waals surface area contributed by atoms with Crippen LogP contribution in [0.4, 0.5) is 0 Å². The summed E-state index contributed by atoms with van der Waals surface area (Å²) in [5.74, 6) is 1.06. The molecule has 3 rings (SSSR count). The van der Waals surface area contributed by atoms with Gasteiger partial charge in [-0.25, -0.2) is 0 Å². The average molecular weight is 279 g/mol. The fraction of sp³-hybridized carbons (Fsp3) is 0.263. The van der Waals surface area contributed by atoms with Crippen molar-refractivity contribution in [1.82, 2.24) is 5.32 Å². The largest absolute Gasteiger partial charge is 0.469 e. The van der Waals surface area contributed by atoms with E-state index in [1.165, 1.54) is 16.3 Å². The third-order valence-electron chi connectivity index (χ3n) is 3.92. The van der Waals surface area contributed by atoms with Crippen LogP contribution in [0.15, 0.2) is 65.3 Å². The summed E-state index contributed by atoms with van der Waals surface area (Å²) < 4.78 is 5.36. The Balaban J connectivity index is 1.60. The van der Waals surface area contributed by atoms with Crippen LogP contribution < -0.4 is 5.32 Å². The maximum absolute atomic E-state index is 5.36. The first-order chi connectivity index (χ1) is 10.3. The van der Waals surface area contributed by atoms with E-state index in [0.29, 0.717) is 6.04 Å². The van der Waals surface area contributed by atoms with Gasteiger partial charge in [-0.1, -0.05) is 42.5 Å². The zero-order valence-corrected chi connectivity index (χ0v) is 12.4. The number of hydrogen-bond acceptors (Lipinski definition) is 2. The fourth-order valence-electron chi connectivity index (χ4n) is 2.77. The minimum Gasteiger partial charge on any atom is -0.469 e. The third-order valence-corrected chi connectivity index (χ3v) is 3.92. The average Bonchev–Trinajstić information content (AvgIpc) is 3.04. The first kappa shape index (κ1) is 13.9. The standard InChI is InChI=1S/C19H21NO/c1-15(20-13-5-9-17-10-6-14-21-17)18-12-4-8-16-7-2-3-11-19(16)18/h2-4,6-8,10-12,14-15,20H,5,9,13H2,1H3. The van der Waals surface area contributed by atoms with Crippen molar-refractivity contribution in [3.63, 3.8) is 0 Å². The van der Waals surface area contributed by atoms with Crippen LogP contribution in [-0.2, 0) is 6.42 Å². The van der Waals surface area contributed by atoms with E-state index in [2.05, 4.69) is 54.7 Å². The fourth-order valence-corrected chi connectivity index (χ4v) is 2.77. The summed E-state index contributed by atoms with van der Waals surface area (Å²) in [4.78, 5) is 0. The summed E-state index contributed by atoms with van der Waals surface area (Å²) in [5.41, 5.74) is 1.37. The first-order valence-corrected chi connectivity index (χ1v) is 7.58. The Labute approximate surface area is 125 Å². The topological polar surface area (TPSA) is 25.2 Å². The smallest absolute Gasteiger partial charge is 0.103 e. The highest BCUT2D eigenvalue weighted by Crippen LogP contribution is 2.23. The lowest BCUT2D eigenvalue weighted by atomic mass is 9.99. The van der Waals surface area contributed by atoms with E-state index in [4.69, 9.17) is 4.42 Å². The highest BCUT2D eigenvalue weighted by Gasteiger charge is 2.08. The molecule has 108 valence electrons. The van der Waals surface area contributed by atoms with Gasteiger partial charge < -0.3 is 9.73 Å². The van der Waals surface area contributed by atoms with E-state index in [1.54, 1.807) is 6.26 Å². The van der Waals surface area contributed by atoms with Gasteiger partial charge in [0.25, 0.3) is 0 Å². The molecule has 1 atom stereocenters. The molecule has 0 bridgehead atoms. The lowest BCUT2D eigenvalue weighted by molar-refractivity contribution is 0.487. The molecule has 0 amide bonds. The normalized spacial score (nSPS) is 12.6. The van der Waals surface area contributed by atoms with Crippen molar-refractivity contribution >= 4 is 10.8 Å². The number of aryl methyl sites for hydroxylation is 1. The Morgan fingerprint density at radius 2 is 1.86 bits per heavy atom. The van der Waals surface area contributed by atoms with Gasteiger partial charge in [0.15, 0.2) is 0 Å². The van der Waals surface area contributed by atoms with Crippen molar-refractivity contribution in [2.75, 3.05) is 6.54 Å². The SMILES string of the molecule is CC(NCCCc1ccco1)c1cccc2ccccc12. The van der Waals surface area contributed by atoms with Crippen molar-refractivity contribution in [2.45, 2.75) is 25.8 Å². The number of rotatable bonds is 6. The number of hydrogen-bond donors (Lipinski definition) is 1. The van der Waals surface area contributed by atoms with Gasteiger partial charge in [-0.2, -0.15) is 0 Å². The van der Waals surface area contributed by atoms with Crippen LogP contribution in [0.25, 0.3) is 10.8 Å². The molecule has 0 saturated carbocycles. The Bertz CT molecular complexity index is 682. The molecule has 21 heavy (non-hydrogen) atoms. The second-order valence-corrected chi connectivity index (χ2v) is 5.43. The molecule has 0 aliphatic carbocycles. The third kappa shape index (κ3) is 3.34. The second-order valence-electron chi connectivity index (χ2n) is 5.43. The molecule has 1 unspecified atom stereocenters. The molecule has 0 spiro atoms. The summed E-state index contributed by atoms with van der Waals surface area (Å²) in [6, 6.07) is 19.4. The van der Waals surface area contributed by atoms with Gasteiger partial charge in [0.1, 0.15) is 5.76 Å². The first-order valence-electron chi connectivity index (χ1n) is 7.58. The van der Waals surface area contributed by atoms with E-state index >= 15 is 0 Å². The van der Waals surface area contributed by atoms with E-state index in [0.717, 1.165) is 25.1 Å². The van der Waals surface area contributed by atoms with Crippen LogP contribution in [0.5, 0.6) is 0 Å². The highest BCUT2D eigenvalue weighted by atomic mass is 16.3. The van der Waals surface area contributed by atoms with Crippen LogP contribution in [0.2, 0.25) is 0 Å². The van der Waals surface area contributed by atoms with Crippen LogP contribution in [0.3, 0.4) is 0 Å². The Hall–Kier alpha value is -2.06. The minimum atomic E-state index is 0.354. The van der Waals surface area contributed by atoms with Gasteiger partial charge >= 0.3 is 0 Å². The molecular formula is C19H21NO. The van der Waals surface area contributed by atoms with E-state index < -0.39 is 0 Å². The summed E-state index contributed by atoms with van der Waals surface area (Å²) in [6.07, 6.45) is 3.81. The number of fused-ring (bicyclic) bond motifs is 1. The van der Waals surface area contributed by atoms with Crippen molar-refractivity contribution in [3.8, 4) is 0 Å². The zero-order chi connectivity index (χ0) is 14.5. The molecule has 0 saturated heterocycles. The van der Waals surface area contributed by atoms with E-state index in [9.17, 15) is 0 Å². The van der Waals surface area contributed by atoms with Crippen LogP contribution in [0, 0.1) is 0 Å². The number of nitrogens with one attached hydrogen (secondary N) is 1. The Morgan fingerprint density at radius 1 is 1.00 bits per heavy atom. The summed E-state index contributed by atoms with van der Waals surface area (Å²) in [6.45, 7) is 3.22. The molecule has 2 heteroatoms. The molecule has 0 fully saturated rings. The molecule has 0 aliphatic rings. The Kier molecular flexibility index (Phi) is 4.37. The minimum absolute atomic E-state index is 0.354. The van der Waals surface area contributed by atoms with Gasteiger partial charge in [-0.3, -0.25) is 0 Å². The van der Waals surface area contributed by atoms with Crippen LogP contribution >= 0.6 is 0 Å². The molecular weight excluding hydrogens is 258 g/mol. The van der Waals surface area contributed by atoms with Gasteiger partial charge in [0.05, 0.1) is 6.26 Å². The van der Waals surface area contributed by atoms with Gasteiger partial charge in [-0.15, -0.1) is 0 Å². The lowest BCUT2D eigenvalue weighted by Gasteiger charge is -2.16. The summed E-state index contributed by atoms with van der Waals surface area (Å²) >= 11 is 0. The van der Waals surface area contributed by atoms with E-state index in [1.807, 2.05) is 12.1 Å². The Morgan fingerprint density at radius 3 is 2.71 bits per heavy atom. The van der Waals surface area contributed by atoms with E-state index in [-0.39, 0.29) is 0 Å². The van der Waals surface area contributed by atoms with Crippen LogP contribution in [0.1, 0.15) is 30.7 Å². The van der Waals surface area contributed by atoms with Gasteiger partial charge in [0.2, 0.25) is 0 Å². The number of benzene rings is 2. The van der Waals surface area contributed by atoms with Crippen molar-refractivity contribution < 1.29 is 4.42 Å². The molecule has 1 N–H and O–H groups in total. The molecule has 2 aromatic carbocycles. The van der Waals surface area contributed by atoms with Crippen LogP contribution in [-0.4, -0.2) is 6.54 Å². The monoisotopic (exact) mass is 279 g/mol. The maximum Gasteiger partial charge on any atom is 0.103 e. The summed E-state index contributed by atoms with van der Waals surface area (Å²) in [5, 5.41) is 6.26. The van der Waals surface area contributed by atoms with Crippen molar-refractivity contribution in [1.29, 1.82) is 0 Å². The molecule has 1 heterocycles. The molecule has 0 aliphatic heterocycles. The maximum atomic E-state index is 5.36. The second kappa shape index (κ2) is 6.59. The zero-order valence-electron chi connectivity index (χ0n) is 12.4. The quantitative estimate of drug-likeness (QED) is 0.661. The lowest BCUT2D eigenvalue weighted by Crippen LogP contribution is -2.20. The predicted octanol–water partition coefficient (Wildman–Crippen LogP) is 4.72. The molecule has 3 aromatic rings. The molecule has 2 nitrogen and oxygen atoms in total. The molecule has 0 radical (unpaired) electrons. The highest BCUT2D eigenvalue weighted by molar-refractivity contribution is 5.86. The van der Waals surface area contributed by atoms with Crippen molar-refractivity contribution in [2.24, 2.45) is 0 Å². The van der Waals surface area contributed by atoms with Gasteiger partial charge in [-0.05, 0) is 48.4 Å². The predicted molar refractivity (Wildman–Crippen MR) is 87.4 cm³/mol.